The number of carbonyl (C=O) groups is 1. The highest BCUT2D eigenvalue weighted by Crippen LogP contribution is 2.37. The van der Waals surface area contributed by atoms with Gasteiger partial charge in [0.05, 0.1) is 11.3 Å². The Morgan fingerprint density at radius 2 is 2.00 bits per heavy atom. The fraction of sp³-hybridized carbons (Fsp3) is 0.231. The zero-order chi connectivity index (χ0) is 24.4. The number of anilines is 2. The smallest absolute Gasteiger partial charge is 0.407 e. The zero-order valence-corrected chi connectivity index (χ0v) is 19.3. The van der Waals surface area contributed by atoms with Crippen molar-refractivity contribution in [1.29, 1.82) is 0 Å². The molecule has 0 bridgehead atoms. The summed E-state index contributed by atoms with van der Waals surface area (Å²) in [5.74, 6) is 1.55. The molecule has 0 spiro atoms. The minimum absolute atomic E-state index is 0.0523. The Morgan fingerprint density at radius 1 is 1.11 bits per heavy atom. The van der Waals surface area contributed by atoms with Gasteiger partial charge in [-0.1, -0.05) is 24.3 Å². The highest BCUT2D eigenvalue weighted by atomic mass is 16.5. The number of nitrogens with zero attached hydrogens (tertiary/aromatic N) is 4. The third-order valence-electron chi connectivity index (χ3n) is 6.17. The van der Waals surface area contributed by atoms with E-state index in [-0.39, 0.29) is 6.04 Å². The van der Waals surface area contributed by atoms with Crippen molar-refractivity contribution < 1.29 is 14.6 Å². The van der Waals surface area contributed by atoms with Crippen molar-refractivity contribution in [3.63, 3.8) is 0 Å². The maximum absolute atomic E-state index is 11.3. The molecule has 9 heteroatoms. The number of aromatic nitrogens is 3. The molecule has 35 heavy (non-hydrogen) atoms. The highest BCUT2D eigenvalue weighted by Gasteiger charge is 2.24. The molecule has 178 valence electrons. The molecule has 0 saturated carbocycles. The minimum atomic E-state index is -0.909. The van der Waals surface area contributed by atoms with E-state index in [1.165, 1.54) is 4.90 Å². The van der Waals surface area contributed by atoms with Gasteiger partial charge in [0, 0.05) is 48.0 Å². The molecule has 4 N–H and O–H groups in total. The van der Waals surface area contributed by atoms with Crippen LogP contribution in [0.1, 0.15) is 18.4 Å². The van der Waals surface area contributed by atoms with Crippen LogP contribution >= 0.6 is 0 Å². The number of piperidine rings is 1. The normalized spacial score (nSPS) is 15.7. The molecule has 3 heterocycles. The second-order valence-corrected chi connectivity index (χ2v) is 8.59. The van der Waals surface area contributed by atoms with Crippen molar-refractivity contribution in [2.24, 2.45) is 0 Å². The monoisotopic (exact) mass is 470 g/mol. The predicted molar refractivity (Wildman–Crippen MR) is 135 cm³/mol. The van der Waals surface area contributed by atoms with Crippen LogP contribution < -0.4 is 15.8 Å². The third-order valence-corrected chi connectivity index (χ3v) is 6.17. The van der Waals surface area contributed by atoms with E-state index in [1.54, 1.807) is 18.5 Å². The summed E-state index contributed by atoms with van der Waals surface area (Å²) < 4.78 is 6.37. The molecule has 1 saturated heterocycles. The Labute approximate surface area is 202 Å². The number of carboxylic acid groups (broad SMARTS) is 1. The molecule has 0 radical (unpaired) electrons. The lowest BCUT2D eigenvalue weighted by Crippen LogP contribution is -2.44. The van der Waals surface area contributed by atoms with Gasteiger partial charge in [0.15, 0.2) is 0 Å². The quantitative estimate of drug-likeness (QED) is 0.351. The second kappa shape index (κ2) is 9.46. The number of likely N-dealkylation sites (tertiary alicyclic amines) is 1. The Hall–Kier alpha value is -4.40. The SMILES string of the molecule is Cc1ccc2c(N)cccc2c1Oc1ncccc1-c1ccnc(NC2CCCN(C(=O)O)C2)n1. The van der Waals surface area contributed by atoms with Crippen LogP contribution in [0.5, 0.6) is 11.6 Å². The Bertz CT molecular complexity index is 1390. The van der Waals surface area contributed by atoms with E-state index in [1.807, 2.05) is 49.4 Å². The molecule has 4 aromatic rings. The number of ether oxygens (including phenoxy) is 1. The van der Waals surface area contributed by atoms with Crippen LogP contribution in [-0.4, -0.2) is 50.2 Å². The molecule has 2 aromatic heterocycles. The largest absolute Gasteiger partial charge is 0.465 e. The van der Waals surface area contributed by atoms with Crippen molar-refractivity contribution in [3.8, 4) is 22.9 Å². The molecular formula is C26H26N6O3. The van der Waals surface area contributed by atoms with E-state index in [4.69, 9.17) is 10.5 Å². The van der Waals surface area contributed by atoms with Gasteiger partial charge in [-0.2, -0.15) is 0 Å². The number of rotatable bonds is 5. The van der Waals surface area contributed by atoms with Crippen LogP contribution in [0.25, 0.3) is 22.0 Å². The lowest BCUT2D eigenvalue weighted by molar-refractivity contribution is 0.132. The van der Waals surface area contributed by atoms with Crippen LogP contribution in [0.15, 0.2) is 60.9 Å². The second-order valence-electron chi connectivity index (χ2n) is 8.59. The van der Waals surface area contributed by atoms with Crippen molar-refractivity contribution in [1.82, 2.24) is 19.9 Å². The number of hydrogen-bond acceptors (Lipinski definition) is 7. The third kappa shape index (κ3) is 4.65. The van der Waals surface area contributed by atoms with Gasteiger partial charge in [-0.25, -0.2) is 19.7 Å². The number of nitrogen functional groups attached to an aromatic ring is 1. The van der Waals surface area contributed by atoms with E-state index in [0.717, 1.165) is 29.2 Å². The topological polar surface area (TPSA) is 126 Å². The van der Waals surface area contributed by atoms with Gasteiger partial charge in [0.25, 0.3) is 0 Å². The molecule has 2 aromatic carbocycles. The molecule has 9 nitrogen and oxygen atoms in total. The minimum Gasteiger partial charge on any atom is -0.465 e. The average molecular weight is 471 g/mol. The first-order valence-corrected chi connectivity index (χ1v) is 11.5. The maximum Gasteiger partial charge on any atom is 0.407 e. The lowest BCUT2D eigenvalue weighted by atomic mass is 10.0. The molecule has 1 atom stereocenters. The van der Waals surface area contributed by atoms with Crippen molar-refractivity contribution in [3.05, 3.63) is 66.5 Å². The lowest BCUT2D eigenvalue weighted by Gasteiger charge is -2.31. The fourth-order valence-corrected chi connectivity index (χ4v) is 4.39. The number of nitrogens with two attached hydrogens (primary N) is 1. The van der Waals surface area contributed by atoms with Gasteiger partial charge >= 0.3 is 6.09 Å². The first-order chi connectivity index (χ1) is 17.0. The summed E-state index contributed by atoms with van der Waals surface area (Å²) >= 11 is 0. The molecule has 1 amide bonds. The number of benzene rings is 2. The zero-order valence-electron chi connectivity index (χ0n) is 19.3. The fourth-order valence-electron chi connectivity index (χ4n) is 4.39. The predicted octanol–water partition coefficient (Wildman–Crippen LogP) is 4.93. The van der Waals surface area contributed by atoms with E-state index in [9.17, 15) is 9.90 Å². The van der Waals surface area contributed by atoms with Crippen LogP contribution in [0, 0.1) is 6.92 Å². The van der Waals surface area contributed by atoms with Gasteiger partial charge in [-0.15, -0.1) is 0 Å². The van der Waals surface area contributed by atoms with E-state index in [0.29, 0.717) is 47.6 Å². The first-order valence-electron chi connectivity index (χ1n) is 11.5. The summed E-state index contributed by atoms with van der Waals surface area (Å²) in [7, 11) is 0. The molecule has 1 unspecified atom stereocenters. The van der Waals surface area contributed by atoms with Crippen molar-refractivity contribution in [2.75, 3.05) is 24.1 Å². The van der Waals surface area contributed by atoms with Crippen LogP contribution in [0.3, 0.4) is 0 Å². The molecule has 1 aliphatic heterocycles. The first kappa shape index (κ1) is 22.4. The Balaban J connectivity index is 1.45. The summed E-state index contributed by atoms with van der Waals surface area (Å²) in [4.78, 5) is 26.3. The number of pyridine rings is 1. The van der Waals surface area contributed by atoms with Gasteiger partial charge < -0.3 is 25.8 Å². The van der Waals surface area contributed by atoms with Gasteiger partial charge in [0.2, 0.25) is 11.8 Å². The summed E-state index contributed by atoms with van der Waals surface area (Å²) in [6.45, 7) is 2.93. The van der Waals surface area contributed by atoms with Crippen LogP contribution in [0.2, 0.25) is 0 Å². The van der Waals surface area contributed by atoms with Gasteiger partial charge in [-0.3, -0.25) is 0 Å². The summed E-state index contributed by atoms with van der Waals surface area (Å²) in [5.41, 5.74) is 9.19. The molecule has 0 aliphatic carbocycles. The summed E-state index contributed by atoms with van der Waals surface area (Å²) in [5, 5.41) is 14.4. The Kier molecular flexibility index (Phi) is 6.05. The van der Waals surface area contributed by atoms with E-state index < -0.39 is 6.09 Å². The van der Waals surface area contributed by atoms with E-state index >= 15 is 0 Å². The Morgan fingerprint density at radius 3 is 2.86 bits per heavy atom. The van der Waals surface area contributed by atoms with E-state index in [2.05, 4.69) is 20.3 Å². The number of fused-ring (bicyclic) bond motifs is 1. The summed E-state index contributed by atoms with van der Waals surface area (Å²) in [6, 6.07) is 15.2. The van der Waals surface area contributed by atoms with Gasteiger partial charge in [0.1, 0.15) is 5.75 Å². The summed E-state index contributed by atoms with van der Waals surface area (Å²) in [6.07, 6.45) is 4.08. The number of amides is 1. The average Bonchev–Trinajstić information content (AvgIpc) is 2.86. The van der Waals surface area contributed by atoms with Crippen molar-refractivity contribution in [2.45, 2.75) is 25.8 Å². The highest BCUT2D eigenvalue weighted by molar-refractivity contribution is 5.97. The maximum atomic E-state index is 11.3. The number of hydrogen-bond donors (Lipinski definition) is 3. The molecule has 5 rings (SSSR count). The standard InChI is InChI=1S/C26H26N6O3/c1-16-9-10-18-19(6-2-8-21(18)27)23(16)35-24-20(7-3-12-28-24)22-11-13-29-25(31-22)30-17-5-4-14-32(15-17)26(33)34/h2-3,6-13,17H,4-5,14-15,27H2,1H3,(H,33,34)(H,29,30,31). The number of aryl methyl sites for hydroxylation is 1. The molecule has 1 fully saturated rings. The van der Waals surface area contributed by atoms with Crippen molar-refractivity contribution >= 4 is 28.5 Å². The van der Waals surface area contributed by atoms with Crippen LogP contribution in [-0.2, 0) is 0 Å². The van der Waals surface area contributed by atoms with Crippen LogP contribution in [0.4, 0.5) is 16.4 Å². The number of nitrogens with one attached hydrogen (secondary N) is 1. The molecular weight excluding hydrogens is 444 g/mol. The molecule has 1 aliphatic rings. The van der Waals surface area contributed by atoms with Gasteiger partial charge in [-0.05, 0) is 49.6 Å².